The number of rotatable bonds is 3. The SMILES string of the molecule is Cc1ccc(Oc2ncc(CBr)cn2)cc1. The van der Waals surface area contributed by atoms with Crippen LogP contribution in [0.25, 0.3) is 0 Å². The van der Waals surface area contributed by atoms with E-state index < -0.39 is 0 Å². The van der Waals surface area contributed by atoms with Gasteiger partial charge in [0.1, 0.15) is 5.75 Å². The van der Waals surface area contributed by atoms with Crippen molar-refractivity contribution in [3.05, 3.63) is 47.8 Å². The molecule has 1 heterocycles. The Morgan fingerprint density at radius 3 is 2.31 bits per heavy atom. The minimum atomic E-state index is 0.369. The minimum absolute atomic E-state index is 0.369. The summed E-state index contributed by atoms with van der Waals surface area (Å²) in [6.45, 7) is 2.03. The van der Waals surface area contributed by atoms with E-state index in [1.54, 1.807) is 12.4 Å². The van der Waals surface area contributed by atoms with Gasteiger partial charge in [0.2, 0.25) is 0 Å². The molecule has 0 saturated heterocycles. The van der Waals surface area contributed by atoms with Crippen molar-refractivity contribution in [3.8, 4) is 11.8 Å². The quantitative estimate of drug-likeness (QED) is 0.807. The van der Waals surface area contributed by atoms with Gasteiger partial charge in [0.15, 0.2) is 0 Å². The molecule has 2 aromatic rings. The first kappa shape index (κ1) is 11.1. The number of nitrogens with zero attached hydrogens (tertiary/aromatic N) is 2. The van der Waals surface area contributed by atoms with Crippen molar-refractivity contribution >= 4 is 15.9 Å². The first-order chi connectivity index (χ1) is 7.78. The summed E-state index contributed by atoms with van der Waals surface area (Å²) >= 11 is 3.34. The second kappa shape index (κ2) is 5.07. The fourth-order valence-electron chi connectivity index (χ4n) is 1.18. The van der Waals surface area contributed by atoms with E-state index in [4.69, 9.17) is 4.74 Å². The first-order valence-electron chi connectivity index (χ1n) is 4.89. The van der Waals surface area contributed by atoms with Gasteiger partial charge in [-0.2, -0.15) is 0 Å². The molecule has 0 unspecified atom stereocenters. The van der Waals surface area contributed by atoms with Crippen LogP contribution in [0.2, 0.25) is 0 Å². The zero-order chi connectivity index (χ0) is 11.4. The third-order valence-corrected chi connectivity index (χ3v) is 2.71. The Morgan fingerprint density at radius 1 is 1.12 bits per heavy atom. The predicted molar refractivity (Wildman–Crippen MR) is 65.9 cm³/mol. The van der Waals surface area contributed by atoms with Crippen LogP contribution in [0.1, 0.15) is 11.1 Å². The lowest BCUT2D eigenvalue weighted by Gasteiger charge is -2.03. The van der Waals surface area contributed by atoms with Crippen LogP contribution in [0.5, 0.6) is 11.8 Å². The van der Waals surface area contributed by atoms with Crippen molar-refractivity contribution in [1.29, 1.82) is 0 Å². The molecule has 4 heteroatoms. The Kier molecular flexibility index (Phi) is 3.51. The fraction of sp³-hybridized carbons (Fsp3) is 0.167. The molecule has 16 heavy (non-hydrogen) atoms. The zero-order valence-corrected chi connectivity index (χ0v) is 10.4. The molecular formula is C12H11BrN2O. The summed E-state index contributed by atoms with van der Waals surface area (Å²) in [6.07, 6.45) is 3.48. The number of benzene rings is 1. The Labute approximate surface area is 103 Å². The number of hydrogen-bond donors (Lipinski definition) is 0. The molecular weight excluding hydrogens is 268 g/mol. The van der Waals surface area contributed by atoms with E-state index in [-0.39, 0.29) is 0 Å². The van der Waals surface area contributed by atoms with E-state index in [0.717, 1.165) is 16.6 Å². The molecule has 0 N–H and O–H groups in total. The largest absolute Gasteiger partial charge is 0.424 e. The van der Waals surface area contributed by atoms with E-state index in [0.29, 0.717) is 6.01 Å². The van der Waals surface area contributed by atoms with Gasteiger partial charge >= 0.3 is 6.01 Å². The van der Waals surface area contributed by atoms with Crippen LogP contribution in [-0.2, 0) is 5.33 Å². The van der Waals surface area contributed by atoms with Gasteiger partial charge < -0.3 is 4.74 Å². The lowest BCUT2D eigenvalue weighted by molar-refractivity contribution is 0.441. The second-order valence-electron chi connectivity index (χ2n) is 3.42. The number of halogens is 1. The maximum atomic E-state index is 5.50. The van der Waals surface area contributed by atoms with Gasteiger partial charge in [-0.15, -0.1) is 0 Å². The molecule has 0 amide bonds. The normalized spacial score (nSPS) is 10.1. The number of aryl methyl sites for hydroxylation is 1. The highest BCUT2D eigenvalue weighted by molar-refractivity contribution is 9.08. The van der Waals surface area contributed by atoms with Crippen LogP contribution in [0.4, 0.5) is 0 Å². The predicted octanol–water partition coefficient (Wildman–Crippen LogP) is 3.47. The summed E-state index contributed by atoms with van der Waals surface area (Å²) in [5, 5.41) is 0.748. The molecule has 0 saturated carbocycles. The Bertz CT molecular complexity index is 453. The molecule has 1 aromatic heterocycles. The molecule has 0 atom stereocenters. The zero-order valence-electron chi connectivity index (χ0n) is 8.85. The van der Waals surface area contributed by atoms with E-state index in [1.165, 1.54) is 5.56 Å². The standard InChI is InChI=1S/C12H11BrN2O/c1-9-2-4-11(5-3-9)16-12-14-7-10(6-13)8-15-12/h2-5,7-8H,6H2,1H3. The summed E-state index contributed by atoms with van der Waals surface area (Å²) in [7, 11) is 0. The number of aromatic nitrogens is 2. The highest BCUT2D eigenvalue weighted by Gasteiger charge is 1.99. The van der Waals surface area contributed by atoms with Crippen LogP contribution in [0, 0.1) is 6.92 Å². The summed E-state index contributed by atoms with van der Waals surface area (Å²) in [6, 6.07) is 8.15. The Morgan fingerprint density at radius 2 is 1.75 bits per heavy atom. The summed E-state index contributed by atoms with van der Waals surface area (Å²) < 4.78 is 5.50. The summed E-state index contributed by atoms with van der Waals surface area (Å²) in [5.41, 5.74) is 2.22. The average molecular weight is 279 g/mol. The average Bonchev–Trinajstić information content (AvgIpc) is 2.33. The monoisotopic (exact) mass is 278 g/mol. The molecule has 0 aliphatic carbocycles. The Balaban J connectivity index is 2.11. The van der Waals surface area contributed by atoms with Gasteiger partial charge in [0.25, 0.3) is 0 Å². The molecule has 1 aromatic carbocycles. The van der Waals surface area contributed by atoms with Gasteiger partial charge in [-0.1, -0.05) is 33.6 Å². The highest BCUT2D eigenvalue weighted by atomic mass is 79.9. The lowest BCUT2D eigenvalue weighted by Crippen LogP contribution is -1.92. The molecule has 82 valence electrons. The van der Waals surface area contributed by atoms with Crippen LogP contribution in [0.15, 0.2) is 36.7 Å². The molecule has 0 aliphatic rings. The number of alkyl halides is 1. The molecule has 3 nitrogen and oxygen atoms in total. The fourth-order valence-corrected chi connectivity index (χ4v) is 1.47. The summed E-state index contributed by atoms with van der Waals surface area (Å²) in [4.78, 5) is 8.21. The first-order valence-corrected chi connectivity index (χ1v) is 6.01. The number of ether oxygens (including phenoxy) is 1. The van der Waals surface area contributed by atoms with Gasteiger partial charge in [0.05, 0.1) is 0 Å². The van der Waals surface area contributed by atoms with Crippen molar-refractivity contribution in [2.24, 2.45) is 0 Å². The van der Waals surface area contributed by atoms with Crippen molar-refractivity contribution in [2.45, 2.75) is 12.3 Å². The lowest BCUT2D eigenvalue weighted by atomic mass is 10.2. The maximum absolute atomic E-state index is 5.50. The van der Waals surface area contributed by atoms with Crippen LogP contribution in [0.3, 0.4) is 0 Å². The third kappa shape index (κ3) is 2.79. The van der Waals surface area contributed by atoms with E-state index >= 15 is 0 Å². The van der Waals surface area contributed by atoms with Gasteiger partial charge in [-0.3, -0.25) is 0 Å². The topological polar surface area (TPSA) is 35.0 Å². The molecule has 0 radical (unpaired) electrons. The number of hydrogen-bond acceptors (Lipinski definition) is 3. The van der Waals surface area contributed by atoms with Gasteiger partial charge in [0, 0.05) is 17.7 Å². The van der Waals surface area contributed by atoms with Crippen molar-refractivity contribution < 1.29 is 4.74 Å². The smallest absolute Gasteiger partial charge is 0.321 e. The molecule has 2 rings (SSSR count). The van der Waals surface area contributed by atoms with Gasteiger partial charge in [-0.25, -0.2) is 9.97 Å². The molecule has 0 fully saturated rings. The Hall–Kier alpha value is -1.42. The van der Waals surface area contributed by atoms with Crippen LogP contribution < -0.4 is 4.74 Å². The molecule has 0 spiro atoms. The highest BCUT2D eigenvalue weighted by Crippen LogP contribution is 2.17. The van der Waals surface area contributed by atoms with E-state index in [9.17, 15) is 0 Å². The summed E-state index contributed by atoms with van der Waals surface area (Å²) in [5.74, 6) is 0.747. The van der Waals surface area contributed by atoms with Crippen LogP contribution in [-0.4, -0.2) is 9.97 Å². The van der Waals surface area contributed by atoms with Crippen molar-refractivity contribution in [2.75, 3.05) is 0 Å². The minimum Gasteiger partial charge on any atom is -0.424 e. The van der Waals surface area contributed by atoms with Crippen molar-refractivity contribution in [3.63, 3.8) is 0 Å². The second-order valence-corrected chi connectivity index (χ2v) is 3.98. The van der Waals surface area contributed by atoms with Gasteiger partial charge in [-0.05, 0) is 24.6 Å². The van der Waals surface area contributed by atoms with E-state index in [1.807, 2.05) is 31.2 Å². The third-order valence-electron chi connectivity index (χ3n) is 2.07. The molecule has 0 bridgehead atoms. The van der Waals surface area contributed by atoms with Crippen molar-refractivity contribution in [1.82, 2.24) is 9.97 Å². The van der Waals surface area contributed by atoms with E-state index in [2.05, 4.69) is 25.9 Å². The maximum Gasteiger partial charge on any atom is 0.321 e. The molecule has 0 aliphatic heterocycles. The van der Waals surface area contributed by atoms with Crippen LogP contribution >= 0.6 is 15.9 Å².